The number of benzene rings is 1. The van der Waals surface area contributed by atoms with Crippen molar-refractivity contribution in [2.45, 2.75) is 18.9 Å². The summed E-state index contributed by atoms with van der Waals surface area (Å²) in [6.07, 6.45) is 2.18. The van der Waals surface area contributed by atoms with Gasteiger partial charge in [0.1, 0.15) is 0 Å². The topological polar surface area (TPSA) is 38.8 Å². The molecule has 1 aromatic carbocycles. The minimum atomic E-state index is 0.0306. The van der Waals surface area contributed by atoms with E-state index in [0.29, 0.717) is 6.04 Å². The van der Waals surface area contributed by atoms with Gasteiger partial charge in [0.15, 0.2) is 0 Å². The zero-order valence-electron chi connectivity index (χ0n) is 13.4. The molecule has 0 aromatic heterocycles. The van der Waals surface area contributed by atoms with Crippen molar-refractivity contribution < 1.29 is 4.79 Å². The summed E-state index contributed by atoms with van der Waals surface area (Å²) in [5.41, 5.74) is 0.869. The predicted octanol–water partition coefficient (Wildman–Crippen LogP) is 1.93. The van der Waals surface area contributed by atoms with Crippen LogP contribution in [0.4, 0.5) is 10.5 Å². The van der Waals surface area contributed by atoms with Gasteiger partial charge in [-0.3, -0.25) is 4.90 Å². The lowest BCUT2D eigenvalue weighted by Gasteiger charge is -2.42. The van der Waals surface area contributed by atoms with Crippen LogP contribution < -0.4 is 5.32 Å². The van der Waals surface area contributed by atoms with Crippen molar-refractivity contribution in [3.63, 3.8) is 0 Å². The molecule has 22 heavy (non-hydrogen) atoms. The van der Waals surface area contributed by atoms with Gasteiger partial charge in [0.25, 0.3) is 0 Å². The molecule has 0 saturated carbocycles. The summed E-state index contributed by atoms with van der Waals surface area (Å²) < 4.78 is 0. The second-order valence-corrected chi connectivity index (χ2v) is 6.35. The molecule has 1 N–H and O–H groups in total. The van der Waals surface area contributed by atoms with Crippen LogP contribution in [0.2, 0.25) is 0 Å². The molecule has 0 unspecified atom stereocenters. The van der Waals surface area contributed by atoms with E-state index >= 15 is 0 Å². The number of rotatable bonds is 2. The standard InChI is InChI=1S/C17H26N4O/c1-19-11-13-20(14-12-19)16-7-9-21(10-8-16)17(22)18-15-5-3-2-4-6-15/h2-6,16H,7-14H2,1H3,(H,18,22). The van der Waals surface area contributed by atoms with Crippen molar-refractivity contribution in [3.05, 3.63) is 30.3 Å². The van der Waals surface area contributed by atoms with E-state index in [9.17, 15) is 4.79 Å². The lowest BCUT2D eigenvalue weighted by atomic mass is 10.0. The predicted molar refractivity (Wildman–Crippen MR) is 89.1 cm³/mol. The van der Waals surface area contributed by atoms with Crippen LogP contribution in [0.1, 0.15) is 12.8 Å². The lowest BCUT2D eigenvalue weighted by molar-refractivity contribution is 0.0765. The van der Waals surface area contributed by atoms with Gasteiger partial charge in [-0.15, -0.1) is 0 Å². The lowest BCUT2D eigenvalue weighted by Crippen LogP contribution is -2.53. The summed E-state index contributed by atoms with van der Waals surface area (Å²) >= 11 is 0. The Morgan fingerprint density at radius 1 is 1.00 bits per heavy atom. The summed E-state index contributed by atoms with van der Waals surface area (Å²) in [6.45, 7) is 6.36. The molecule has 2 aliphatic heterocycles. The Balaban J connectivity index is 1.46. The van der Waals surface area contributed by atoms with Gasteiger partial charge >= 0.3 is 6.03 Å². The zero-order valence-corrected chi connectivity index (χ0v) is 13.4. The molecular weight excluding hydrogens is 276 g/mol. The van der Waals surface area contributed by atoms with Crippen LogP contribution >= 0.6 is 0 Å². The molecule has 0 bridgehead atoms. The minimum Gasteiger partial charge on any atom is -0.324 e. The van der Waals surface area contributed by atoms with Gasteiger partial charge in [-0.25, -0.2) is 4.79 Å². The van der Waals surface area contributed by atoms with E-state index in [1.807, 2.05) is 35.2 Å². The number of amides is 2. The first kappa shape index (κ1) is 15.3. The zero-order chi connectivity index (χ0) is 15.4. The van der Waals surface area contributed by atoms with Crippen molar-refractivity contribution in [3.8, 4) is 0 Å². The Morgan fingerprint density at radius 2 is 1.64 bits per heavy atom. The molecule has 2 saturated heterocycles. The molecule has 2 aliphatic rings. The molecule has 5 heteroatoms. The Hall–Kier alpha value is -1.59. The van der Waals surface area contributed by atoms with Crippen molar-refractivity contribution in [2.75, 3.05) is 51.6 Å². The van der Waals surface area contributed by atoms with Gasteiger partial charge in [-0.1, -0.05) is 18.2 Å². The van der Waals surface area contributed by atoms with Crippen LogP contribution in [-0.2, 0) is 0 Å². The number of nitrogens with one attached hydrogen (secondary N) is 1. The fourth-order valence-electron chi connectivity index (χ4n) is 3.35. The molecule has 0 aliphatic carbocycles. The molecule has 2 fully saturated rings. The summed E-state index contributed by atoms with van der Waals surface area (Å²) in [4.78, 5) is 19.2. The maximum Gasteiger partial charge on any atom is 0.321 e. The number of piperidine rings is 1. The van der Waals surface area contributed by atoms with Gasteiger partial charge in [0, 0.05) is 51.0 Å². The maximum absolute atomic E-state index is 12.3. The summed E-state index contributed by atoms with van der Waals surface area (Å²) in [7, 11) is 2.19. The number of likely N-dealkylation sites (N-methyl/N-ethyl adjacent to an activating group) is 1. The third-order valence-corrected chi connectivity index (χ3v) is 4.83. The average Bonchev–Trinajstić information content (AvgIpc) is 2.57. The van der Waals surface area contributed by atoms with Gasteiger partial charge in [-0.2, -0.15) is 0 Å². The van der Waals surface area contributed by atoms with E-state index < -0.39 is 0 Å². The molecular formula is C17H26N4O. The first-order valence-corrected chi connectivity index (χ1v) is 8.26. The number of hydrogen-bond donors (Lipinski definition) is 1. The third-order valence-electron chi connectivity index (χ3n) is 4.83. The molecule has 0 atom stereocenters. The molecule has 1 aromatic rings. The van der Waals surface area contributed by atoms with E-state index in [1.54, 1.807) is 0 Å². The van der Waals surface area contributed by atoms with Crippen molar-refractivity contribution in [1.29, 1.82) is 0 Å². The van der Waals surface area contributed by atoms with Gasteiger partial charge < -0.3 is 15.1 Å². The van der Waals surface area contributed by atoms with Gasteiger partial charge in [0.05, 0.1) is 0 Å². The first-order valence-electron chi connectivity index (χ1n) is 8.26. The summed E-state index contributed by atoms with van der Waals surface area (Å²) in [5, 5.41) is 2.98. The molecule has 3 rings (SSSR count). The van der Waals surface area contributed by atoms with Crippen LogP contribution in [0.5, 0.6) is 0 Å². The number of para-hydroxylation sites is 1. The number of urea groups is 1. The number of hydrogen-bond acceptors (Lipinski definition) is 3. The van der Waals surface area contributed by atoms with E-state index in [2.05, 4.69) is 22.2 Å². The largest absolute Gasteiger partial charge is 0.324 e. The quantitative estimate of drug-likeness (QED) is 0.907. The highest BCUT2D eigenvalue weighted by atomic mass is 16.2. The highest BCUT2D eigenvalue weighted by Gasteiger charge is 2.28. The number of carbonyl (C=O) groups is 1. The molecule has 2 heterocycles. The van der Waals surface area contributed by atoms with Crippen molar-refractivity contribution in [2.24, 2.45) is 0 Å². The summed E-state index contributed by atoms with van der Waals surface area (Å²) in [6, 6.07) is 10.4. The van der Waals surface area contributed by atoms with E-state index in [1.165, 1.54) is 0 Å². The third kappa shape index (κ3) is 3.78. The molecule has 0 radical (unpaired) electrons. The number of nitrogens with zero attached hydrogens (tertiary/aromatic N) is 3. The van der Waals surface area contributed by atoms with Crippen LogP contribution in [0, 0.1) is 0 Å². The van der Waals surface area contributed by atoms with Crippen molar-refractivity contribution in [1.82, 2.24) is 14.7 Å². The second kappa shape index (κ2) is 7.11. The maximum atomic E-state index is 12.3. The monoisotopic (exact) mass is 302 g/mol. The number of carbonyl (C=O) groups excluding carboxylic acids is 1. The Labute approximate surface area is 132 Å². The fraction of sp³-hybridized carbons (Fsp3) is 0.588. The number of anilines is 1. The highest BCUT2D eigenvalue weighted by Crippen LogP contribution is 2.19. The average molecular weight is 302 g/mol. The molecule has 0 spiro atoms. The smallest absolute Gasteiger partial charge is 0.321 e. The van der Waals surface area contributed by atoms with E-state index in [-0.39, 0.29) is 6.03 Å². The van der Waals surface area contributed by atoms with Crippen LogP contribution in [0.25, 0.3) is 0 Å². The SMILES string of the molecule is CN1CCN(C2CCN(C(=O)Nc3ccccc3)CC2)CC1. The van der Waals surface area contributed by atoms with E-state index in [0.717, 1.165) is 57.8 Å². The van der Waals surface area contributed by atoms with Gasteiger partial charge in [0.2, 0.25) is 0 Å². The van der Waals surface area contributed by atoms with E-state index in [4.69, 9.17) is 0 Å². The number of likely N-dealkylation sites (tertiary alicyclic amines) is 1. The first-order chi connectivity index (χ1) is 10.7. The Kier molecular flexibility index (Phi) is 4.95. The Morgan fingerprint density at radius 3 is 2.27 bits per heavy atom. The van der Waals surface area contributed by atoms with Gasteiger partial charge in [-0.05, 0) is 32.0 Å². The second-order valence-electron chi connectivity index (χ2n) is 6.35. The fourth-order valence-corrected chi connectivity index (χ4v) is 3.35. The molecule has 5 nitrogen and oxygen atoms in total. The van der Waals surface area contributed by atoms with Crippen LogP contribution in [-0.4, -0.2) is 73.1 Å². The van der Waals surface area contributed by atoms with Crippen LogP contribution in [0.15, 0.2) is 30.3 Å². The normalized spacial score (nSPS) is 21.8. The summed E-state index contributed by atoms with van der Waals surface area (Å²) in [5.74, 6) is 0. The molecule has 120 valence electrons. The Bertz CT molecular complexity index is 477. The van der Waals surface area contributed by atoms with Crippen LogP contribution in [0.3, 0.4) is 0 Å². The van der Waals surface area contributed by atoms with Crippen molar-refractivity contribution >= 4 is 11.7 Å². The minimum absolute atomic E-state index is 0.0306. The molecule has 2 amide bonds. The highest BCUT2D eigenvalue weighted by molar-refractivity contribution is 5.89. The number of piperazine rings is 1.